The van der Waals surface area contributed by atoms with Crippen LogP contribution >= 0.6 is 11.3 Å². The molecule has 0 amide bonds. The van der Waals surface area contributed by atoms with Gasteiger partial charge in [-0.25, -0.2) is 9.97 Å². The van der Waals surface area contributed by atoms with Crippen molar-refractivity contribution in [3.8, 4) is 11.1 Å². The number of nitrogens with zero attached hydrogens (tertiary/aromatic N) is 3. The van der Waals surface area contributed by atoms with Crippen molar-refractivity contribution in [2.24, 2.45) is 0 Å². The predicted octanol–water partition coefficient (Wildman–Crippen LogP) is 4.27. The Hall–Kier alpha value is -1.94. The highest BCUT2D eigenvalue weighted by atomic mass is 32.1. The third kappa shape index (κ3) is 2.20. The maximum atomic E-state index is 4.76. The Morgan fingerprint density at radius 2 is 1.81 bits per heavy atom. The van der Waals surface area contributed by atoms with Gasteiger partial charge in [-0.2, -0.15) is 0 Å². The molecular weight excluding hydrogens is 278 g/mol. The first-order valence-corrected chi connectivity index (χ1v) is 8.27. The van der Waals surface area contributed by atoms with E-state index in [1.807, 2.05) is 6.92 Å². The molecule has 0 N–H and O–H groups in total. The third-order valence-corrected chi connectivity index (χ3v) is 4.89. The van der Waals surface area contributed by atoms with Crippen LogP contribution in [0.3, 0.4) is 0 Å². The van der Waals surface area contributed by atoms with Gasteiger partial charge in [-0.15, -0.1) is 11.3 Å². The van der Waals surface area contributed by atoms with E-state index < -0.39 is 0 Å². The first-order valence-electron chi connectivity index (χ1n) is 7.39. The summed E-state index contributed by atoms with van der Waals surface area (Å²) in [7, 11) is 0. The van der Waals surface area contributed by atoms with Gasteiger partial charge in [0.2, 0.25) is 0 Å². The van der Waals surface area contributed by atoms with Gasteiger partial charge in [-0.1, -0.05) is 30.3 Å². The average Bonchev–Trinajstić information content (AvgIpc) is 3.16. The van der Waals surface area contributed by atoms with Crippen molar-refractivity contribution in [2.75, 3.05) is 18.0 Å². The van der Waals surface area contributed by atoms with Gasteiger partial charge in [0.25, 0.3) is 0 Å². The summed E-state index contributed by atoms with van der Waals surface area (Å²) < 4.78 is 0. The Morgan fingerprint density at radius 3 is 2.57 bits per heavy atom. The second kappa shape index (κ2) is 5.11. The van der Waals surface area contributed by atoms with E-state index in [1.54, 1.807) is 11.3 Å². The van der Waals surface area contributed by atoms with E-state index >= 15 is 0 Å². The fourth-order valence-electron chi connectivity index (χ4n) is 3.02. The lowest BCUT2D eigenvalue weighted by atomic mass is 10.1. The van der Waals surface area contributed by atoms with Crippen molar-refractivity contribution in [1.29, 1.82) is 0 Å². The van der Waals surface area contributed by atoms with E-state index in [9.17, 15) is 0 Å². The highest BCUT2D eigenvalue weighted by Gasteiger charge is 2.21. The summed E-state index contributed by atoms with van der Waals surface area (Å²) in [6.45, 7) is 4.20. The fourth-order valence-corrected chi connectivity index (χ4v) is 4.00. The molecule has 3 heterocycles. The Labute approximate surface area is 128 Å². The molecule has 1 aliphatic heterocycles. The Kier molecular flexibility index (Phi) is 3.11. The minimum Gasteiger partial charge on any atom is -0.356 e. The minimum absolute atomic E-state index is 0.867. The van der Waals surface area contributed by atoms with E-state index in [1.165, 1.54) is 29.4 Å². The second-order valence-corrected chi connectivity index (χ2v) is 6.34. The van der Waals surface area contributed by atoms with Crippen molar-refractivity contribution in [3.63, 3.8) is 0 Å². The highest BCUT2D eigenvalue weighted by molar-refractivity contribution is 7.17. The molecule has 0 unspecified atom stereocenters. The Morgan fingerprint density at radius 1 is 1.05 bits per heavy atom. The first kappa shape index (κ1) is 12.8. The van der Waals surface area contributed by atoms with Gasteiger partial charge < -0.3 is 4.90 Å². The predicted molar refractivity (Wildman–Crippen MR) is 89.0 cm³/mol. The zero-order valence-corrected chi connectivity index (χ0v) is 12.9. The summed E-state index contributed by atoms with van der Waals surface area (Å²) in [6.07, 6.45) is 2.52. The van der Waals surface area contributed by atoms with Gasteiger partial charge in [0.15, 0.2) is 0 Å². The maximum absolute atomic E-state index is 4.76. The lowest BCUT2D eigenvalue weighted by molar-refractivity contribution is 0.926. The molecule has 106 valence electrons. The van der Waals surface area contributed by atoms with E-state index in [4.69, 9.17) is 4.98 Å². The summed E-state index contributed by atoms with van der Waals surface area (Å²) in [5.41, 5.74) is 2.51. The van der Waals surface area contributed by atoms with Crippen LogP contribution in [-0.2, 0) is 0 Å². The summed E-state index contributed by atoms with van der Waals surface area (Å²) >= 11 is 1.72. The SMILES string of the molecule is Cc1nc(N2CCCC2)c2c(-c3ccccc3)csc2n1. The third-order valence-electron chi connectivity index (χ3n) is 4.02. The van der Waals surface area contributed by atoms with Crippen LogP contribution in [0, 0.1) is 6.92 Å². The molecule has 1 aliphatic rings. The average molecular weight is 295 g/mol. The number of hydrogen-bond acceptors (Lipinski definition) is 4. The molecule has 0 bridgehead atoms. The molecule has 4 heteroatoms. The van der Waals surface area contributed by atoms with E-state index in [-0.39, 0.29) is 0 Å². The summed E-state index contributed by atoms with van der Waals surface area (Å²) in [4.78, 5) is 12.9. The first-order chi connectivity index (χ1) is 10.3. The molecule has 2 aromatic heterocycles. The van der Waals surface area contributed by atoms with Crippen LogP contribution in [0.1, 0.15) is 18.7 Å². The summed E-state index contributed by atoms with van der Waals surface area (Å²) in [5.74, 6) is 1.99. The lowest BCUT2D eigenvalue weighted by Crippen LogP contribution is -2.19. The number of benzene rings is 1. The normalized spacial score (nSPS) is 15.0. The number of anilines is 1. The van der Waals surface area contributed by atoms with Crippen LogP contribution in [0.5, 0.6) is 0 Å². The van der Waals surface area contributed by atoms with E-state index in [2.05, 4.69) is 45.6 Å². The van der Waals surface area contributed by atoms with Gasteiger partial charge in [-0.3, -0.25) is 0 Å². The number of fused-ring (bicyclic) bond motifs is 1. The van der Waals surface area contributed by atoms with Crippen LogP contribution in [0.2, 0.25) is 0 Å². The zero-order chi connectivity index (χ0) is 14.2. The van der Waals surface area contributed by atoms with Gasteiger partial charge in [0.05, 0.1) is 5.39 Å². The van der Waals surface area contributed by atoms with Crippen LogP contribution in [0.25, 0.3) is 21.3 Å². The molecule has 0 radical (unpaired) electrons. The van der Waals surface area contributed by atoms with Gasteiger partial charge in [0, 0.05) is 24.0 Å². The quantitative estimate of drug-likeness (QED) is 0.707. The van der Waals surface area contributed by atoms with Crippen LogP contribution in [0.15, 0.2) is 35.7 Å². The number of aromatic nitrogens is 2. The zero-order valence-electron chi connectivity index (χ0n) is 12.0. The molecule has 0 spiro atoms. The molecule has 1 aromatic carbocycles. The number of hydrogen-bond donors (Lipinski definition) is 0. The van der Waals surface area contributed by atoms with Crippen LogP contribution in [0.4, 0.5) is 5.82 Å². The molecule has 21 heavy (non-hydrogen) atoms. The Bertz CT molecular complexity index is 773. The summed E-state index contributed by atoms with van der Waals surface area (Å²) in [6, 6.07) is 10.6. The molecule has 0 aliphatic carbocycles. The van der Waals surface area contributed by atoms with E-state index in [0.29, 0.717) is 0 Å². The molecule has 3 nitrogen and oxygen atoms in total. The number of thiophene rings is 1. The molecule has 0 atom stereocenters. The monoisotopic (exact) mass is 295 g/mol. The standard InChI is InChI=1S/C17H17N3S/c1-12-18-16(20-9-5-6-10-20)15-14(11-21-17(15)19-12)13-7-3-2-4-8-13/h2-4,7-8,11H,5-6,9-10H2,1H3. The van der Waals surface area contributed by atoms with Gasteiger partial charge >= 0.3 is 0 Å². The van der Waals surface area contributed by atoms with Crippen LogP contribution in [-0.4, -0.2) is 23.1 Å². The minimum atomic E-state index is 0.867. The molecular formula is C17H17N3S. The molecule has 1 saturated heterocycles. The highest BCUT2D eigenvalue weighted by Crippen LogP contribution is 2.38. The van der Waals surface area contributed by atoms with Crippen molar-refractivity contribution in [2.45, 2.75) is 19.8 Å². The molecule has 3 aromatic rings. The number of rotatable bonds is 2. The van der Waals surface area contributed by atoms with Gasteiger partial charge in [0.1, 0.15) is 16.5 Å². The smallest absolute Gasteiger partial charge is 0.141 e. The maximum Gasteiger partial charge on any atom is 0.141 e. The second-order valence-electron chi connectivity index (χ2n) is 5.48. The molecule has 1 fully saturated rings. The topological polar surface area (TPSA) is 29.0 Å². The van der Waals surface area contributed by atoms with Gasteiger partial charge in [-0.05, 0) is 25.3 Å². The molecule has 4 rings (SSSR count). The van der Waals surface area contributed by atoms with Crippen molar-refractivity contribution >= 4 is 27.4 Å². The van der Waals surface area contributed by atoms with Crippen molar-refractivity contribution < 1.29 is 0 Å². The van der Waals surface area contributed by atoms with Crippen LogP contribution < -0.4 is 4.90 Å². The Balaban J connectivity index is 1.97. The summed E-state index contributed by atoms with van der Waals surface area (Å²) in [5, 5.41) is 3.44. The van der Waals surface area contributed by atoms with E-state index in [0.717, 1.165) is 29.6 Å². The fraction of sp³-hybridized carbons (Fsp3) is 0.294. The largest absolute Gasteiger partial charge is 0.356 e. The van der Waals surface area contributed by atoms with Crippen molar-refractivity contribution in [3.05, 3.63) is 41.5 Å². The molecule has 0 saturated carbocycles. The van der Waals surface area contributed by atoms with Crippen molar-refractivity contribution in [1.82, 2.24) is 9.97 Å². The lowest BCUT2D eigenvalue weighted by Gasteiger charge is -2.18. The number of aryl methyl sites for hydroxylation is 1.